The highest BCUT2D eigenvalue weighted by atomic mass is 14.1. The van der Waals surface area contributed by atoms with Crippen molar-refractivity contribution in [3.63, 3.8) is 0 Å². The topological polar surface area (TPSA) is 0 Å². The molecule has 0 fully saturated rings. The van der Waals surface area contributed by atoms with E-state index in [1.807, 2.05) is 0 Å². The maximum Gasteiger partial charge on any atom is -0.0197 e. The molecule has 0 heterocycles. The summed E-state index contributed by atoms with van der Waals surface area (Å²) in [5.41, 5.74) is 5.41. The van der Waals surface area contributed by atoms with Crippen LogP contribution in [0.5, 0.6) is 0 Å². The van der Waals surface area contributed by atoms with Crippen molar-refractivity contribution in [2.45, 2.75) is 34.1 Å². The summed E-state index contributed by atoms with van der Waals surface area (Å²) in [6.45, 7) is 12.7. The predicted molar refractivity (Wildman–Crippen MR) is 73.4 cm³/mol. The first kappa shape index (κ1) is 12.8. The summed E-state index contributed by atoms with van der Waals surface area (Å²) in [5, 5.41) is 0. The summed E-state index contributed by atoms with van der Waals surface area (Å²) in [4.78, 5) is 0. The molecule has 0 amide bonds. The summed E-state index contributed by atoms with van der Waals surface area (Å²) in [5.74, 6) is 0.547. The van der Waals surface area contributed by atoms with Crippen molar-refractivity contribution in [2.24, 2.45) is 5.92 Å². The van der Waals surface area contributed by atoms with E-state index in [0.717, 1.165) is 6.42 Å². The van der Waals surface area contributed by atoms with Gasteiger partial charge >= 0.3 is 0 Å². The minimum Gasteiger partial charge on any atom is -0.0999 e. The average Bonchev–Trinajstić information content (AvgIpc) is 2.26. The van der Waals surface area contributed by atoms with Crippen LogP contribution < -0.4 is 0 Å². The molecule has 0 heteroatoms. The Balaban J connectivity index is 2.93. The molecule has 0 saturated heterocycles. The largest absolute Gasteiger partial charge is 0.0999 e. The van der Waals surface area contributed by atoms with E-state index >= 15 is 0 Å². The molecule has 1 rings (SSSR count). The van der Waals surface area contributed by atoms with Gasteiger partial charge in [-0.15, -0.1) is 0 Å². The molecule has 0 radical (unpaired) electrons. The molecule has 0 aliphatic heterocycles. The van der Waals surface area contributed by atoms with Gasteiger partial charge in [0.05, 0.1) is 0 Å². The molecule has 0 saturated carbocycles. The van der Waals surface area contributed by atoms with Crippen LogP contribution in [0.2, 0.25) is 0 Å². The number of benzene rings is 1. The Labute approximate surface area is 99.7 Å². The van der Waals surface area contributed by atoms with Gasteiger partial charge in [0.25, 0.3) is 0 Å². The summed E-state index contributed by atoms with van der Waals surface area (Å²) in [7, 11) is 0. The van der Waals surface area contributed by atoms with Crippen LogP contribution in [0.1, 0.15) is 38.3 Å². The minimum absolute atomic E-state index is 0.547. The zero-order valence-corrected chi connectivity index (χ0v) is 10.9. The standard InChI is InChI=1S/C16H22/c1-6-15(11-14(5)12(2)3)16-10-8-7-9-13(16)4/h6-10,14H,2,11H2,1,3-5H3/b15-6-/t14-/m1/s1. The highest BCUT2D eigenvalue weighted by molar-refractivity contribution is 5.68. The van der Waals surface area contributed by atoms with Crippen molar-refractivity contribution in [2.75, 3.05) is 0 Å². The molecule has 0 bridgehead atoms. The average molecular weight is 214 g/mol. The van der Waals surface area contributed by atoms with E-state index in [4.69, 9.17) is 0 Å². The van der Waals surface area contributed by atoms with Gasteiger partial charge in [0.15, 0.2) is 0 Å². The molecule has 86 valence electrons. The number of aryl methyl sites for hydroxylation is 1. The molecule has 0 nitrogen and oxygen atoms in total. The second-order valence-corrected chi connectivity index (χ2v) is 4.58. The summed E-state index contributed by atoms with van der Waals surface area (Å²) in [6.07, 6.45) is 3.30. The third-order valence-corrected chi connectivity index (χ3v) is 3.21. The van der Waals surface area contributed by atoms with Crippen LogP contribution in [0.4, 0.5) is 0 Å². The van der Waals surface area contributed by atoms with E-state index in [2.05, 4.69) is 64.6 Å². The van der Waals surface area contributed by atoms with Crippen LogP contribution in [0.15, 0.2) is 42.5 Å². The van der Waals surface area contributed by atoms with E-state index in [-0.39, 0.29) is 0 Å². The van der Waals surface area contributed by atoms with Crippen molar-refractivity contribution in [3.05, 3.63) is 53.6 Å². The van der Waals surface area contributed by atoms with E-state index < -0.39 is 0 Å². The fourth-order valence-electron chi connectivity index (χ4n) is 1.82. The number of rotatable bonds is 4. The first-order valence-corrected chi connectivity index (χ1v) is 5.92. The van der Waals surface area contributed by atoms with E-state index in [1.165, 1.54) is 22.3 Å². The number of hydrogen-bond acceptors (Lipinski definition) is 0. The van der Waals surface area contributed by atoms with Crippen LogP contribution in [0, 0.1) is 12.8 Å². The number of allylic oxidation sites excluding steroid dienone is 3. The van der Waals surface area contributed by atoms with Crippen molar-refractivity contribution in [1.29, 1.82) is 0 Å². The second-order valence-electron chi connectivity index (χ2n) is 4.58. The molecule has 1 aromatic carbocycles. The Kier molecular flexibility index (Phi) is 4.54. The molecule has 0 aliphatic rings. The zero-order valence-electron chi connectivity index (χ0n) is 10.9. The van der Waals surface area contributed by atoms with Gasteiger partial charge in [-0.25, -0.2) is 0 Å². The normalized spacial score (nSPS) is 13.6. The predicted octanol–water partition coefficient (Wildman–Crippen LogP) is 5.00. The first-order valence-electron chi connectivity index (χ1n) is 5.92. The Morgan fingerprint density at radius 3 is 2.50 bits per heavy atom. The molecule has 0 N–H and O–H groups in total. The lowest BCUT2D eigenvalue weighted by Gasteiger charge is -2.16. The van der Waals surface area contributed by atoms with E-state index in [1.54, 1.807) is 0 Å². The van der Waals surface area contributed by atoms with Gasteiger partial charge in [-0.05, 0) is 49.8 Å². The molecule has 1 aromatic rings. The SMILES string of the molecule is C=C(C)[C@H](C)C/C(=C/C)c1ccccc1C. The quantitative estimate of drug-likeness (QED) is 0.619. The highest BCUT2D eigenvalue weighted by Gasteiger charge is 2.09. The fourth-order valence-corrected chi connectivity index (χ4v) is 1.82. The molecular weight excluding hydrogens is 192 g/mol. The Morgan fingerprint density at radius 1 is 1.38 bits per heavy atom. The molecule has 1 atom stereocenters. The van der Waals surface area contributed by atoms with Gasteiger partial charge in [-0.2, -0.15) is 0 Å². The van der Waals surface area contributed by atoms with Crippen LogP contribution >= 0.6 is 0 Å². The minimum atomic E-state index is 0.547. The lowest BCUT2D eigenvalue weighted by atomic mass is 9.89. The summed E-state index contributed by atoms with van der Waals surface area (Å²) in [6, 6.07) is 8.58. The van der Waals surface area contributed by atoms with Gasteiger partial charge in [0, 0.05) is 0 Å². The van der Waals surface area contributed by atoms with Crippen molar-refractivity contribution >= 4 is 5.57 Å². The van der Waals surface area contributed by atoms with Crippen LogP contribution in [-0.4, -0.2) is 0 Å². The Morgan fingerprint density at radius 2 is 2.00 bits per heavy atom. The molecule has 0 spiro atoms. The van der Waals surface area contributed by atoms with Crippen LogP contribution in [0.3, 0.4) is 0 Å². The zero-order chi connectivity index (χ0) is 12.1. The van der Waals surface area contributed by atoms with Gasteiger partial charge in [-0.3, -0.25) is 0 Å². The number of hydrogen-bond donors (Lipinski definition) is 0. The Bertz CT molecular complexity index is 396. The molecule has 0 unspecified atom stereocenters. The maximum absolute atomic E-state index is 4.03. The van der Waals surface area contributed by atoms with E-state index in [9.17, 15) is 0 Å². The maximum atomic E-state index is 4.03. The smallest absolute Gasteiger partial charge is 0.0197 e. The van der Waals surface area contributed by atoms with Gasteiger partial charge in [-0.1, -0.05) is 49.4 Å². The van der Waals surface area contributed by atoms with Gasteiger partial charge in [0.1, 0.15) is 0 Å². The lowest BCUT2D eigenvalue weighted by Crippen LogP contribution is -1.98. The first-order chi connectivity index (χ1) is 7.56. The molecular formula is C16H22. The van der Waals surface area contributed by atoms with Crippen molar-refractivity contribution in [3.8, 4) is 0 Å². The van der Waals surface area contributed by atoms with Crippen molar-refractivity contribution < 1.29 is 0 Å². The van der Waals surface area contributed by atoms with Gasteiger partial charge < -0.3 is 0 Å². The third kappa shape index (κ3) is 3.10. The highest BCUT2D eigenvalue weighted by Crippen LogP contribution is 2.27. The molecule has 16 heavy (non-hydrogen) atoms. The fraction of sp³-hybridized carbons (Fsp3) is 0.375. The Hall–Kier alpha value is -1.30. The molecule has 0 aliphatic carbocycles. The lowest BCUT2D eigenvalue weighted by molar-refractivity contribution is 0.707. The second kappa shape index (κ2) is 5.69. The van der Waals surface area contributed by atoms with E-state index in [0.29, 0.717) is 5.92 Å². The summed E-state index contributed by atoms with van der Waals surface area (Å²) >= 11 is 0. The molecule has 0 aromatic heterocycles. The van der Waals surface area contributed by atoms with Crippen molar-refractivity contribution in [1.82, 2.24) is 0 Å². The monoisotopic (exact) mass is 214 g/mol. The van der Waals surface area contributed by atoms with Crippen LogP contribution in [-0.2, 0) is 0 Å². The van der Waals surface area contributed by atoms with Crippen LogP contribution in [0.25, 0.3) is 5.57 Å². The summed E-state index contributed by atoms with van der Waals surface area (Å²) < 4.78 is 0. The third-order valence-electron chi connectivity index (χ3n) is 3.21. The van der Waals surface area contributed by atoms with Gasteiger partial charge in [0.2, 0.25) is 0 Å².